The summed E-state index contributed by atoms with van der Waals surface area (Å²) in [5.41, 5.74) is 3.14. The molecular formula is C20H22BrN3O3. The van der Waals surface area contributed by atoms with Crippen molar-refractivity contribution in [3.63, 3.8) is 0 Å². The van der Waals surface area contributed by atoms with Crippen molar-refractivity contribution < 1.29 is 14.2 Å². The van der Waals surface area contributed by atoms with Crippen LogP contribution in [0.4, 0.5) is 5.95 Å². The zero-order chi connectivity index (χ0) is 19.4. The van der Waals surface area contributed by atoms with Gasteiger partial charge in [-0.05, 0) is 35.4 Å². The average molecular weight is 432 g/mol. The van der Waals surface area contributed by atoms with Crippen LogP contribution in [0, 0.1) is 0 Å². The zero-order valence-corrected chi connectivity index (χ0v) is 17.3. The number of hydrogen-bond donors (Lipinski definition) is 1. The van der Waals surface area contributed by atoms with Crippen LogP contribution in [-0.4, -0.2) is 30.9 Å². The molecule has 2 aromatic carbocycles. The smallest absolute Gasteiger partial charge is 0.203 e. The first-order valence-corrected chi connectivity index (χ1v) is 9.17. The molecule has 6 nitrogen and oxygen atoms in total. The number of anilines is 1. The Kier molecular flexibility index (Phi) is 5.91. The Labute approximate surface area is 167 Å². The molecule has 142 valence electrons. The summed E-state index contributed by atoms with van der Waals surface area (Å²) in [5.74, 6) is 2.62. The number of nitrogens with zero attached hydrogens (tertiary/aromatic N) is 2. The Hall–Kier alpha value is -2.67. The lowest BCUT2D eigenvalue weighted by atomic mass is 10.1. The monoisotopic (exact) mass is 431 g/mol. The van der Waals surface area contributed by atoms with E-state index in [2.05, 4.69) is 38.4 Å². The van der Waals surface area contributed by atoms with Crippen molar-refractivity contribution in [2.24, 2.45) is 7.05 Å². The molecule has 27 heavy (non-hydrogen) atoms. The van der Waals surface area contributed by atoms with Crippen LogP contribution in [0.2, 0.25) is 0 Å². The van der Waals surface area contributed by atoms with Crippen molar-refractivity contribution >= 4 is 21.9 Å². The van der Waals surface area contributed by atoms with Gasteiger partial charge in [-0.25, -0.2) is 4.98 Å². The SMILES string of the molecule is COc1cc(CNc2ncc(-c3ccc(Br)cc3)n2C)cc(OC)c1OC. The second-order valence-corrected chi connectivity index (χ2v) is 6.84. The van der Waals surface area contributed by atoms with Gasteiger partial charge in [0.1, 0.15) is 0 Å². The highest BCUT2D eigenvalue weighted by Crippen LogP contribution is 2.38. The van der Waals surface area contributed by atoms with Crippen LogP contribution in [0.3, 0.4) is 0 Å². The molecule has 1 heterocycles. The van der Waals surface area contributed by atoms with E-state index in [1.165, 1.54) is 0 Å². The molecule has 0 bridgehead atoms. The molecule has 0 saturated carbocycles. The first-order valence-electron chi connectivity index (χ1n) is 8.37. The molecule has 0 amide bonds. The highest BCUT2D eigenvalue weighted by Gasteiger charge is 2.14. The third kappa shape index (κ3) is 4.03. The van der Waals surface area contributed by atoms with Crippen molar-refractivity contribution in [1.82, 2.24) is 9.55 Å². The predicted octanol–water partition coefficient (Wildman–Crippen LogP) is 4.49. The number of hydrogen-bond acceptors (Lipinski definition) is 5. The van der Waals surface area contributed by atoms with Crippen LogP contribution in [0.15, 0.2) is 47.1 Å². The second-order valence-electron chi connectivity index (χ2n) is 5.92. The van der Waals surface area contributed by atoms with Gasteiger partial charge in [-0.1, -0.05) is 28.1 Å². The Morgan fingerprint density at radius 3 is 2.19 bits per heavy atom. The Balaban J connectivity index is 1.80. The lowest BCUT2D eigenvalue weighted by Crippen LogP contribution is -2.06. The van der Waals surface area contributed by atoms with Crippen molar-refractivity contribution in [2.45, 2.75) is 6.54 Å². The van der Waals surface area contributed by atoms with E-state index >= 15 is 0 Å². The molecule has 0 fully saturated rings. The van der Waals surface area contributed by atoms with E-state index < -0.39 is 0 Å². The van der Waals surface area contributed by atoms with Crippen LogP contribution in [0.5, 0.6) is 17.2 Å². The molecule has 0 radical (unpaired) electrons. The van der Waals surface area contributed by atoms with Gasteiger partial charge in [0.25, 0.3) is 0 Å². The van der Waals surface area contributed by atoms with Gasteiger partial charge in [0.05, 0.1) is 33.2 Å². The van der Waals surface area contributed by atoms with Gasteiger partial charge < -0.3 is 24.1 Å². The summed E-state index contributed by atoms with van der Waals surface area (Å²) in [7, 11) is 6.80. The van der Waals surface area contributed by atoms with E-state index in [-0.39, 0.29) is 0 Å². The summed E-state index contributed by atoms with van der Waals surface area (Å²) >= 11 is 3.46. The first kappa shape index (κ1) is 19.1. The van der Waals surface area contributed by atoms with Gasteiger partial charge in [0.2, 0.25) is 11.7 Å². The summed E-state index contributed by atoms with van der Waals surface area (Å²) in [4.78, 5) is 4.50. The highest BCUT2D eigenvalue weighted by molar-refractivity contribution is 9.10. The molecule has 0 saturated heterocycles. The maximum atomic E-state index is 5.41. The number of aromatic nitrogens is 2. The molecular weight excluding hydrogens is 410 g/mol. The maximum absolute atomic E-state index is 5.41. The summed E-state index contributed by atoms with van der Waals surface area (Å²) in [6.07, 6.45) is 1.86. The molecule has 7 heteroatoms. The van der Waals surface area contributed by atoms with E-state index in [0.717, 1.165) is 27.2 Å². The van der Waals surface area contributed by atoms with E-state index in [1.54, 1.807) is 21.3 Å². The van der Waals surface area contributed by atoms with Gasteiger partial charge in [0, 0.05) is 18.1 Å². The van der Waals surface area contributed by atoms with Gasteiger partial charge in [-0.3, -0.25) is 0 Å². The Morgan fingerprint density at radius 1 is 1.00 bits per heavy atom. The van der Waals surface area contributed by atoms with Crippen molar-refractivity contribution in [3.8, 4) is 28.5 Å². The fourth-order valence-corrected chi connectivity index (χ4v) is 3.15. The summed E-state index contributed by atoms with van der Waals surface area (Å²) in [6, 6.07) is 12.0. The predicted molar refractivity (Wildman–Crippen MR) is 110 cm³/mol. The number of nitrogens with one attached hydrogen (secondary N) is 1. The standard InChI is InChI=1S/C20H22BrN3O3/c1-24-16(14-5-7-15(21)8-6-14)12-23-20(24)22-11-13-9-17(25-2)19(27-4)18(10-13)26-3/h5-10,12H,11H2,1-4H3,(H,22,23). The molecule has 1 N–H and O–H groups in total. The third-order valence-corrected chi connectivity index (χ3v) is 4.83. The average Bonchev–Trinajstić information content (AvgIpc) is 3.06. The lowest BCUT2D eigenvalue weighted by Gasteiger charge is -2.15. The third-order valence-electron chi connectivity index (χ3n) is 4.30. The minimum atomic E-state index is 0.571. The van der Waals surface area contributed by atoms with Crippen LogP contribution >= 0.6 is 15.9 Å². The second kappa shape index (κ2) is 8.35. The summed E-state index contributed by atoms with van der Waals surface area (Å²) in [5, 5.41) is 3.36. The number of benzene rings is 2. The molecule has 3 rings (SSSR count). The molecule has 1 aromatic heterocycles. The number of rotatable bonds is 7. The fraction of sp³-hybridized carbons (Fsp3) is 0.250. The van der Waals surface area contributed by atoms with Crippen molar-refractivity contribution in [1.29, 1.82) is 0 Å². The minimum Gasteiger partial charge on any atom is -0.493 e. The molecule has 0 atom stereocenters. The Morgan fingerprint density at radius 2 is 1.63 bits per heavy atom. The zero-order valence-electron chi connectivity index (χ0n) is 15.7. The van der Waals surface area contributed by atoms with Crippen molar-refractivity contribution in [3.05, 3.63) is 52.6 Å². The van der Waals surface area contributed by atoms with E-state index in [9.17, 15) is 0 Å². The van der Waals surface area contributed by atoms with E-state index in [4.69, 9.17) is 14.2 Å². The quantitative estimate of drug-likeness (QED) is 0.597. The van der Waals surface area contributed by atoms with Crippen LogP contribution < -0.4 is 19.5 Å². The van der Waals surface area contributed by atoms with Crippen LogP contribution in [-0.2, 0) is 13.6 Å². The van der Waals surface area contributed by atoms with Gasteiger partial charge in [0.15, 0.2) is 11.5 Å². The maximum Gasteiger partial charge on any atom is 0.203 e. The van der Waals surface area contributed by atoms with Gasteiger partial charge in [-0.2, -0.15) is 0 Å². The molecule has 0 spiro atoms. The van der Waals surface area contributed by atoms with Crippen LogP contribution in [0.25, 0.3) is 11.3 Å². The number of ether oxygens (including phenoxy) is 3. The Bertz CT molecular complexity index is 898. The first-order chi connectivity index (χ1) is 13.1. The molecule has 0 aliphatic carbocycles. The van der Waals surface area contributed by atoms with Crippen molar-refractivity contribution in [2.75, 3.05) is 26.6 Å². The number of imidazole rings is 1. The largest absolute Gasteiger partial charge is 0.493 e. The molecule has 3 aromatic rings. The van der Waals surface area contributed by atoms with E-state index in [0.29, 0.717) is 23.8 Å². The summed E-state index contributed by atoms with van der Waals surface area (Å²) in [6.45, 7) is 0.571. The van der Waals surface area contributed by atoms with Crippen LogP contribution in [0.1, 0.15) is 5.56 Å². The van der Waals surface area contributed by atoms with Gasteiger partial charge >= 0.3 is 0 Å². The molecule has 0 aliphatic rings. The summed E-state index contributed by atoms with van der Waals surface area (Å²) < 4.78 is 19.3. The minimum absolute atomic E-state index is 0.571. The fourth-order valence-electron chi connectivity index (χ4n) is 2.88. The molecule has 0 unspecified atom stereocenters. The number of methoxy groups -OCH3 is 3. The highest BCUT2D eigenvalue weighted by atomic mass is 79.9. The molecule has 0 aliphatic heterocycles. The normalized spacial score (nSPS) is 10.6. The topological polar surface area (TPSA) is 57.5 Å². The lowest BCUT2D eigenvalue weighted by molar-refractivity contribution is 0.324. The van der Waals surface area contributed by atoms with E-state index in [1.807, 2.05) is 42.1 Å². The number of halogens is 1. The van der Waals surface area contributed by atoms with Gasteiger partial charge in [-0.15, -0.1) is 0 Å².